The molecule has 0 aromatic carbocycles. The van der Waals surface area contributed by atoms with Crippen LogP contribution in [0.4, 0.5) is 4.39 Å². The molecule has 0 atom stereocenters. The summed E-state index contributed by atoms with van der Waals surface area (Å²) in [4.78, 5) is 21.7. The molecule has 6 heteroatoms. The molecule has 0 bridgehead atoms. The van der Waals surface area contributed by atoms with Crippen molar-refractivity contribution in [2.24, 2.45) is 5.73 Å². The first-order chi connectivity index (χ1) is 6.06. The van der Waals surface area contributed by atoms with Crippen molar-refractivity contribution < 1.29 is 14.0 Å². The number of alkyl halides is 1. The van der Waals surface area contributed by atoms with Gasteiger partial charge in [-0.15, -0.1) is 11.3 Å². The van der Waals surface area contributed by atoms with E-state index in [1.807, 2.05) is 0 Å². The molecule has 0 unspecified atom stereocenters. The van der Waals surface area contributed by atoms with Crippen LogP contribution in [0.1, 0.15) is 19.3 Å². The van der Waals surface area contributed by atoms with Crippen LogP contribution < -0.4 is 5.73 Å². The Balaban J connectivity index is 3.09. The summed E-state index contributed by atoms with van der Waals surface area (Å²) in [7, 11) is 0. The molecular weight excluding hydrogens is 261 g/mol. The summed E-state index contributed by atoms with van der Waals surface area (Å²) in [5.74, 6) is -1.85. The molecule has 1 rings (SSSR count). The summed E-state index contributed by atoms with van der Waals surface area (Å²) < 4.78 is 12.9. The maximum atomic E-state index is 12.9. The summed E-state index contributed by atoms with van der Waals surface area (Å²) >= 11 is 3.71. The average molecular weight is 266 g/mol. The van der Waals surface area contributed by atoms with Gasteiger partial charge in [0, 0.05) is 0 Å². The smallest absolute Gasteiger partial charge is 0.261 e. The molecule has 0 aliphatic heterocycles. The quantitative estimate of drug-likeness (QED) is 0.666. The third-order valence-corrected chi connectivity index (χ3v) is 2.98. The van der Waals surface area contributed by atoms with Gasteiger partial charge >= 0.3 is 0 Å². The topological polar surface area (TPSA) is 60.2 Å². The first kappa shape index (κ1) is 10.3. The van der Waals surface area contributed by atoms with Crippen LogP contribution in [0.25, 0.3) is 0 Å². The predicted molar refractivity (Wildman–Crippen MR) is 50.9 cm³/mol. The lowest BCUT2D eigenvalue weighted by atomic mass is 10.3. The van der Waals surface area contributed by atoms with E-state index < -0.39 is 11.7 Å². The number of Topliss-reactive ketones (excluding diaryl/α,β-unsaturated/α-hetero) is 1. The molecule has 70 valence electrons. The molecule has 0 spiro atoms. The van der Waals surface area contributed by atoms with Crippen molar-refractivity contribution in [3.8, 4) is 0 Å². The SMILES string of the molecule is NC(=O)c1sc(C(=O)CBr)cc1F. The van der Waals surface area contributed by atoms with E-state index in [0.717, 1.165) is 17.4 Å². The second-order valence-electron chi connectivity index (χ2n) is 2.21. The van der Waals surface area contributed by atoms with Gasteiger partial charge < -0.3 is 5.73 Å². The number of carbonyl (C=O) groups excluding carboxylic acids is 2. The standard InChI is InChI=1S/C7H5BrFNO2S/c8-2-4(11)5-1-3(9)6(13-5)7(10)12/h1H,2H2,(H2,10,12). The number of halogens is 2. The van der Waals surface area contributed by atoms with Crippen LogP contribution in [0.5, 0.6) is 0 Å². The fraction of sp³-hybridized carbons (Fsp3) is 0.143. The summed E-state index contributed by atoms with van der Waals surface area (Å²) in [6.07, 6.45) is 0. The van der Waals surface area contributed by atoms with Crippen LogP contribution in [-0.4, -0.2) is 17.0 Å². The third-order valence-electron chi connectivity index (χ3n) is 1.31. The van der Waals surface area contributed by atoms with Crippen LogP contribution in [0.3, 0.4) is 0 Å². The van der Waals surface area contributed by atoms with Gasteiger partial charge in [-0.2, -0.15) is 0 Å². The zero-order chi connectivity index (χ0) is 10.0. The first-order valence-electron chi connectivity index (χ1n) is 3.24. The van der Waals surface area contributed by atoms with Gasteiger partial charge in [-0.3, -0.25) is 9.59 Å². The van der Waals surface area contributed by atoms with Gasteiger partial charge in [0.2, 0.25) is 0 Å². The van der Waals surface area contributed by atoms with Crippen LogP contribution in [0, 0.1) is 5.82 Å². The van der Waals surface area contributed by atoms with Crippen LogP contribution in [0.2, 0.25) is 0 Å². The lowest BCUT2D eigenvalue weighted by Gasteiger charge is -1.87. The molecule has 1 aromatic heterocycles. The lowest BCUT2D eigenvalue weighted by molar-refractivity contribution is 0.0998. The Bertz CT molecular complexity index is 363. The number of rotatable bonds is 3. The Morgan fingerprint density at radius 2 is 2.23 bits per heavy atom. The molecule has 0 aliphatic carbocycles. The maximum absolute atomic E-state index is 12.9. The van der Waals surface area contributed by atoms with Gasteiger partial charge in [-0.05, 0) is 6.07 Å². The van der Waals surface area contributed by atoms with Crippen molar-refractivity contribution in [2.45, 2.75) is 0 Å². The number of primary amides is 1. The van der Waals surface area contributed by atoms with E-state index in [-0.39, 0.29) is 20.9 Å². The van der Waals surface area contributed by atoms with E-state index in [2.05, 4.69) is 15.9 Å². The summed E-state index contributed by atoms with van der Waals surface area (Å²) in [6, 6.07) is 1.02. The van der Waals surface area contributed by atoms with Crippen molar-refractivity contribution in [1.29, 1.82) is 0 Å². The van der Waals surface area contributed by atoms with Gasteiger partial charge in [0.1, 0.15) is 10.7 Å². The summed E-state index contributed by atoms with van der Waals surface area (Å²) in [6.45, 7) is 0. The molecule has 1 aromatic rings. The molecule has 0 aliphatic rings. The maximum Gasteiger partial charge on any atom is 0.261 e. The zero-order valence-corrected chi connectivity index (χ0v) is 8.74. The van der Waals surface area contributed by atoms with Crippen molar-refractivity contribution in [3.05, 3.63) is 21.6 Å². The second kappa shape index (κ2) is 3.97. The molecule has 13 heavy (non-hydrogen) atoms. The van der Waals surface area contributed by atoms with Crippen LogP contribution in [-0.2, 0) is 0 Å². The number of hydrogen-bond acceptors (Lipinski definition) is 3. The highest BCUT2D eigenvalue weighted by Gasteiger charge is 2.16. The summed E-state index contributed by atoms with van der Waals surface area (Å²) in [5, 5.41) is 0.102. The molecule has 0 radical (unpaired) electrons. The van der Waals surface area contributed by atoms with Gasteiger partial charge in [-0.25, -0.2) is 4.39 Å². The fourth-order valence-electron chi connectivity index (χ4n) is 0.740. The van der Waals surface area contributed by atoms with E-state index in [1.165, 1.54) is 0 Å². The molecule has 1 amide bonds. The van der Waals surface area contributed by atoms with Crippen molar-refractivity contribution in [3.63, 3.8) is 0 Å². The van der Waals surface area contributed by atoms with Gasteiger partial charge in [-0.1, -0.05) is 15.9 Å². The predicted octanol–water partition coefficient (Wildman–Crippen LogP) is 1.56. The van der Waals surface area contributed by atoms with E-state index in [0.29, 0.717) is 0 Å². The molecule has 0 saturated heterocycles. The lowest BCUT2D eigenvalue weighted by Crippen LogP contribution is -2.10. The van der Waals surface area contributed by atoms with E-state index in [4.69, 9.17) is 5.73 Å². The molecule has 2 N–H and O–H groups in total. The molecule has 3 nitrogen and oxygen atoms in total. The number of ketones is 1. The minimum atomic E-state index is -0.851. The van der Waals surface area contributed by atoms with Crippen LogP contribution in [0.15, 0.2) is 6.07 Å². The van der Waals surface area contributed by atoms with Gasteiger partial charge in [0.15, 0.2) is 5.78 Å². The molecule has 1 heterocycles. The largest absolute Gasteiger partial charge is 0.365 e. The van der Waals surface area contributed by atoms with Crippen LogP contribution >= 0.6 is 27.3 Å². The summed E-state index contributed by atoms with van der Waals surface area (Å²) in [5.41, 5.74) is 4.88. The molecular formula is C7H5BrFNO2S. The molecule has 0 fully saturated rings. The second-order valence-corrected chi connectivity index (χ2v) is 3.82. The van der Waals surface area contributed by atoms with Crippen molar-refractivity contribution in [1.82, 2.24) is 0 Å². The highest BCUT2D eigenvalue weighted by atomic mass is 79.9. The minimum absolute atomic E-state index is 0.102. The monoisotopic (exact) mass is 265 g/mol. The Kier molecular flexibility index (Phi) is 3.16. The average Bonchev–Trinajstić information content (AvgIpc) is 2.46. The number of nitrogens with two attached hydrogens (primary N) is 1. The normalized spacial score (nSPS) is 10.0. The van der Waals surface area contributed by atoms with Crippen molar-refractivity contribution >= 4 is 39.0 Å². The number of hydrogen-bond donors (Lipinski definition) is 1. The Morgan fingerprint density at radius 3 is 2.62 bits per heavy atom. The minimum Gasteiger partial charge on any atom is -0.365 e. The first-order valence-corrected chi connectivity index (χ1v) is 5.18. The third kappa shape index (κ3) is 2.13. The molecule has 0 saturated carbocycles. The highest BCUT2D eigenvalue weighted by Crippen LogP contribution is 2.21. The number of carbonyl (C=O) groups is 2. The van der Waals surface area contributed by atoms with Crippen molar-refractivity contribution in [2.75, 3.05) is 5.33 Å². The number of thiophene rings is 1. The van der Waals surface area contributed by atoms with Gasteiger partial charge in [0.25, 0.3) is 5.91 Å². The zero-order valence-electron chi connectivity index (χ0n) is 6.34. The Morgan fingerprint density at radius 1 is 1.62 bits per heavy atom. The van der Waals surface area contributed by atoms with E-state index in [1.54, 1.807) is 0 Å². The van der Waals surface area contributed by atoms with Gasteiger partial charge in [0.05, 0.1) is 10.2 Å². The highest BCUT2D eigenvalue weighted by molar-refractivity contribution is 9.09. The fourth-order valence-corrected chi connectivity index (χ4v) is 2.05. The van der Waals surface area contributed by atoms with E-state index >= 15 is 0 Å². The number of amides is 1. The Labute approximate surface area is 85.9 Å². The Hall–Kier alpha value is -0.750. The van der Waals surface area contributed by atoms with E-state index in [9.17, 15) is 14.0 Å².